The maximum atomic E-state index is 12.5. The van der Waals surface area contributed by atoms with Crippen molar-refractivity contribution in [3.63, 3.8) is 0 Å². The minimum Gasteiger partial charge on any atom is -0.383 e. The molecule has 1 aromatic heterocycles. The normalized spacial score (nSPS) is 16.9. The number of aromatic nitrogens is 2. The van der Waals surface area contributed by atoms with Gasteiger partial charge in [0.15, 0.2) is 0 Å². The summed E-state index contributed by atoms with van der Waals surface area (Å²) in [5.41, 5.74) is 6.80. The average Bonchev–Trinajstić information content (AvgIpc) is 2.47. The monoisotopic (exact) mass is 291 g/mol. The van der Waals surface area contributed by atoms with Crippen molar-refractivity contribution < 1.29 is 4.79 Å². The third-order valence-corrected chi connectivity index (χ3v) is 3.88. The van der Waals surface area contributed by atoms with Crippen molar-refractivity contribution in [2.75, 3.05) is 24.1 Å². The second-order valence-electron chi connectivity index (χ2n) is 5.93. The first-order valence-corrected chi connectivity index (χ1v) is 7.66. The van der Waals surface area contributed by atoms with E-state index < -0.39 is 0 Å². The fourth-order valence-electron chi connectivity index (χ4n) is 2.75. The molecule has 2 rings (SSSR count). The molecule has 0 aliphatic carbocycles. The van der Waals surface area contributed by atoms with Crippen LogP contribution in [0.4, 0.5) is 11.6 Å². The number of hydrogen-bond acceptors (Lipinski definition) is 5. The summed E-state index contributed by atoms with van der Waals surface area (Å²) < 4.78 is 0. The van der Waals surface area contributed by atoms with Gasteiger partial charge in [0.1, 0.15) is 24.0 Å². The predicted molar refractivity (Wildman–Crippen MR) is 84.0 cm³/mol. The van der Waals surface area contributed by atoms with Gasteiger partial charge in [0.25, 0.3) is 0 Å². The van der Waals surface area contributed by atoms with Gasteiger partial charge in [-0.15, -0.1) is 0 Å². The van der Waals surface area contributed by atoms with Crippen LogP contribution in [0.2, 0.25) is 0 Å². The van der Waals surface area contributed by atoms with Gasteiger partial charge in [-0.25, -0.2) is 9.97 Å². The number of hydrogen-bond donors (Lipinski definition) is 2. The molecule has 1 atom stereocenters. The number of nitrogen functional groups attached to an aromatic ring is 1. The van der Waals surface area contributed by atoms with Crippen LogP contribution in [0.5, 0.6) is 0 Å². The molecule has 0 radical (unpaired) electrons. The summed E-state index contributed by atoms with van der Waals surface area (Å²) in [7, 11) is 0. The van der Waals surface area contributed by atoms with Gasteiger partial charge in [-0.3, -0.25) is 4.79 Å². The Morgan fingerprint density at radius 3 is 2.52 bits per heavy atom. The van der Waals surface area contributed by atoms with Crippen molar-refractivity contribution in [2.45, 2.75) is 52.0 Å². The van der Waals surface area contributed by atoms with Crippen molar-refractivity contribution in [1.82, 2.24) is 14.9 Å². The molecular weight excluding hydrogens is 266 g/mol. The average molecular weight is 291 g/mol. The van der Waals surface area contributed by atoms with E-state index in [1.54, 1.807) is 0 Å². The van der Waals surface area contributed by atoms with Crippen LogP contribution in [0.3, 0.4) is 0 Å². The first-order chi connectivity index (χ1) is 10.0. The van der Waals surface area contributed by atoms with Crippen LogP contribution in [-0.4, -0.2) is 39.9 Å². The summed E-state index contributed by atoms with van der Waals surface area (Å²) in [6.45, 7) is 7.66. The number of amides is 1. The van der Waals surface area contributed by atoms with Gasteiger partial charge < -0.3 is 16.0 Å². The molecule has 1 fully saturated rings. The lowest BCUT2D eigenvalue weighted by Crippen LogP contribution is -2.44. The molecule has 0 bridgehead atoms. The third kappa shape index (κ3) is 3.62. The highest BCUT2D eigenvalue weighted by atomic mass is 16.2. The zero-order valence-corrected chi connectivity index (χ0v) is 13.1. The number of piperidine rings is 1. The summed E-state index contributed by atoms with van der Waals surface area (Å²) in [6.07, 6.45) is 4.83. The van der Waals surface area contributed by atoms with E-state index in [1.807, 2.05) is 25.7 Å². The largest absolute Gasteiger partial charge is 0.383 e. The molecule has 0 saturated carbocycles. The van der Waals surface area contributed by atoms with E-state index in [0.29, 0.717) is 11.6 Å². The molecular formula is C15H25N5O. The van der Waals surface area contributed by atoms with Crippen LogP contribution < -0.4 is 11.1 Å². The Hall–Kier alpha value is -1.85. The zero-order valence-electron chi connectivity index (χ0n) is 13.1. The standard InChI is InChI=1S/C15H25N5O/c1-10(2)12-13(16)17-9-18-14(12)19-11(3)15(21)20-7-5-4-6-8-20/h9-11H,4-8H2,1-3H3,(H3,16,17,18,19). The Balaban J connectivity index is 2.10. The molecule has 1 unspecified atom stereocenters. The Kier molecular flexibility index (Phi) is 4.98. The first kappa shape index (κ1) is 15.5. The quantitative estimate of drug-likeness (QED) is 0.886. The Morgan fingerprint density at radius 1 is 1.24 bits per heavy atom. The van der Waals surface area contributed by atoms with Gasteiger partial charge in [0, 0.05) is 18.7 Å². The van der Waals surface area contributed by atoms with Gasteiger partial charge in [0.2, 0.25) is 5.91 Å². The van der Waals surface area contributed by atoms with Gasteiger partial charge in [-0.2, -0.15) is 0 Å². The van der Waals surface area contributed by atoms with Gasteiger partial charge in [0.05, 0.1) is 0 Å². The van der Waals surface area contributed by atoms with Crippen molar-refractivity contribution in [3.8, 4) is 0 Å². The van der Waals surface area contributed by atoms with E-state index >= 15 is 0 Å². The van der Waals surface area contributed by atoms with Crippen LogP contribution in [0.25, 0.3) is 0 Å². The van der Waals surface area contributed by atoms with Crippen molar-refractivity contribution in [2.24, 2.45) is 0 Å². The highest BCUT2D eigenvalue weighted by molar-refractivity contribution is 5.84. The topological polar surface area (TPSA) is 84.1 Å². The molecule has 0 spiro atoms. The molecule has 6 heteroatoms. The Labute approximate surface area is 126 Å². The van der Waals surface area contributed by atoms with E-state index in [2.05, 4.69) is 15.3 Å². The fourth-order valence-corrected chi connectivity index (χ4v) is 2.75. The second-order valence-corrected chi connectivity index (χ2v) is 5.93. The zero-order chi connectivity index (χ0) is 15.4. The van der Waals surface area contributed by atoms with Crippen molar-refractivity contribution >= 4 is 17.5 Å². The molecule has 2 heterocycles. The molecule has 1 aliphatic rings. The summed E-state index contributed by atoms with van der Waals surface area (Å²) in [4.78, 5) is 22.7. The molecule has 21 heavy (non-hydrogen) atoms. The highest BCUT2D eigenvalue weighted by Gasteiger charge is 2.23. The number of carbonyl (C=O) groups is 1. The molecule has 116 valence electrons. The lowest BCUT2D eigenvalue weighted by molar-refractivity contribution is -0.132. The lowest BCUT2D eigenvalue weighted by atomic mass is 10.0. The summed E-state index contributed by atoms with van der Waals surface area (Å²) in [5, 5.41) is 3.21. The predicted octanol–water partition coefficient (Wildman–Crippen LogP) is 2.00. The summed E-state index contributed by atoms with van der Waals surface area (Å²) in [6, 6.07) is -0.310. The Bertz CT molecular complexity index is 497. The molecule has 1 saturated heterocycles. The highest BCUT2D eigenvalue weighted by Crippen LogP contribution is 2.26. The van der Waals surface area contributed by atoms with Gasteiger partial charge in [-0.1, -0.05) is 13.8 Å². The molecule has 1 aliphatic heterocycles. The minimum atomic E-state index is -0.310. The smallest absolute Gasteiger partial charge is 0.244 e. The number of anilines is 2. The first-order valence-electron chi connectivity index (χ1n) is 7.66. The van der Waals surface area contributed by atoms with Crippen LogP contribution in [0.1, 0.15) is 51.5 Å². The molecule has 6 nitrogen and oxygen atoms in total. The number of nitrogens with two attached hydrogens (primary N) is 1. The lowest BCUT2D eigenvalue weighted by Gasteiger charge is -2.30. The fraction of sp³-hybridized carbons (Fsp3) is 0.667. The summed E-state index contributed by atoms with van der Waals surface area (Å²) >= 11 is 0. The number of rotatable bonds is 4. The number of likely N-dealkylation sites (tertiary alicyclic amines) is 1. The van der Waals surface area contributed by atoms with Crippen LogP contribution in [0.15, 0.2) is 6.33 Å². The number of nitrogens with zero attached hydrogens (tertiary/aromatic N) is 3. The molecule has 1 aromatic rings. The van der Waals surface area contributed by atoms with Crippen molar-refractivity contribution in [3.05, 3.63) is 11.9 Å². The maximum absolute atomic E-state index is 12.5. The van der Waals surface area contributed by atoms with Crippen LogP contribution in [-0.2, 0) is 4.79 Å². The van der Waals surface area contributed by atoms with E-state index in [4.69, 9.17) is 5.73 Å². The van der Waals surface area contributed by atoms with E-state index in [9.17, 15) is 4.79 Å². The van der Waals surface area contributed by atoms with Crippen LogP contribution in [0, 0.1) is 0 Å². The number of nitrogens with one attached hydrogen (secondary N) is 1. The van der Waals surface area contributed by atoms with E-state index in [0.717, 1.165) is 31.5 Å². The molecule has 0 aromatic carbocycles. The maximum Gasteiger partial charge on any atom is 0.244 e. The third-order valence-electron chi connectivity index (χ3n) is 3.88. The minimum absolute atomic E-state index is 0.126. The van der Waals surface area contributed by atoms with Gasteiger partial charge in [-0.05, 0) is 32.1 Å². The van der Waals surface area contributed by atoms with E-state index in [1.165, 1.54) is 12.7 Å². The van der Waals surface area contributed by atoms with Crippen LogP contribution >= 0.6 is 0 Å². The van der Waals surface area contributed by atoms with Gasteiger partial charge >= 0.3 is 0 Å². The Morgan fingerprint density at radius 2 is 1.90 bits per heavy atom. The van der Waals surface area contributed by atoms with Crippen molar-refractivity contribution in [1.29, 1.82) is 0 Å². The SMILES string of the molecule is CC(Nc1ncnc(N)c1C(C)C)C(=O)N1CCCCC1. The number of carbonyl (C=O) groups excluding carboxylic acids is 1. The molecule has 3 N–H and O–H groups in total. The second kappa shape index (κ2) is 6.74. The van der Waals surface area contributed by atoms with E-state index in [-0.39, 0.29) is 17.9 Å². The molecule has 1 amide bonds. The summed E-state index contributed by atoms with van der Waals surface area (Å²) in [5.74, 6) is 1.46.